The van der Waals surface area contributed by atoms with E-state index < -0.39 is 0 Å². The Hall–Kier alpha value is -2.87. The lowest BCUT2D eigenvalue weighted by Gasteiger charge is -2.05. The van der Waals surface area contributed by atoms with Gasteiger partial charge in [0.1, 0.15) is 11.5 Å². The van der Waals surface area contributed by atoms with E-state index in [1.54, 1.807) is 17.0 Å². The fraction of sp³-hybridized carbons (Fsp3) is 0.0714. The topological polar surface area (TPSA) is 56.7 Å². The Balaban J connectivity index is 2.07. The van der Waals surface area contributed by atoms with Gasteiger partial charge >= 0.3 is 0 Å². The molecule has 19 heavy (non-hydrogen) atoms. The lowest BCUT2D eigenvalue weighted by Crippen LogP contribution is -2.04. The third kappa shape index (κ3) is 2.11. The van der Waals surface area contributed by atoms with Gasteiger partial charge in [0.25, 0.3) is 0 Å². The molecule has 0 aliphatic heterocycles. The molecule has 92 valence electrons. The number of aromatic nitrogens is 4. The highest BCUT2D eigenvalue weighted by atomic mass is 16.3. The maximum Gasteiger partial charge on any atom is 0.208 e. The largest absolute Gasteiger partial charge is 0.467 e. The predicted molar refractivity (Wildman–Crippen MR) is 69.0 cm³/mol. The molecule has 5 nitrogen and oxygen atoms in total. The first-order chi connectivity index (χ1) is 9.38. The smallest absolute Gasteiger partial charge is 0.208 e. The van der Waals surface area contributed by atoms with Gasteiger partial charge in [-0.1, -0.05) is 6.07 Å². The van der Waals surface area contributed by atoms with Gasteiger partial charge < -0.3 is 4.42 Å². The van der Waals surface area contributed by atoms with Gasteiger partial charge in [-0.2, -0.15) is 0 Å². The van der Waals surface area contributed by atoms with Gasteiger partial charge in [-0.15, -0.1) is 16.6 Å². The van der Waals surface area contributed by atoms with Crippen molar-refractivity contribution in [2.45, 2.75) is 6.54 Å². The molecule has 0 unspecified atom stereocenters. The summed E-state index contributed by atoms with van der Waals surface area (Å²) in [6, 6.07) is 9.31. The fourth-order valence-electron chi connectivity index (χ4n) is 1.80. The van der Waals surface area contributed by atoms with E-state index in [0.717, 1.165) is 11.5 Å². The standard InChI is InChI=1S/C14H10N4O/c1-2-13-16-17-14(12-7-3-4-8-15-12)18(13)10-11-6-5-9-19-11/h1,3-9H,10H2. The van der Waals surface area contributed by atoms with Crippen LogP contribution in [0.5, 0.6) is 0 Å². The van der Waals surface area contributed by atoms with E-state index in [9.17, 15) is 0 Å². The van der Waals surface area contributed by atoms with Gasteiger partial charge in [-0.3, -0.25) is 9.55 Å². The normalized spacial score (nSPS) is 10.3. The third-order valence-electron chi connectivity index (χ3n) is 2.67. The van der Waals surface area contributed by atoms with Crippen LogP contribution >= 0.6 is 0 Å². The summed E-state index contributed by atoms with van der Waals surface area (Å²) < 4.78 is 7.14. The summed E-state index contributed by atoms with van der Waals surface area (Å²) in [4.78, 5) is 4.26. The third-order valence-corrected chi connectivity index (χ3v) is 2.67. The van der Waals surface area contributed by atoms with Gasteiger partial charge in [0, 0.05) is 6.20 Å². The van der Waals surface area contributed by atoms with Gasteiger partial charge in [0.2, 0.25) is 5.82 Å². The van der Waals surface area contributed by atoms with Crippen molar-refractivity contribution in [3.8, 4) is 23.9 Å². The van der Waals surface area contributed by atoms with Crippen LogP contribution in [0.2, 0.25) is 0 Å². The molecular formula is C14H10N4O. The molecule has 0 spiro atoms. The van der Waals surface area contributed by atoms with Crippen LogP contribution in [0.15, 0.2) is 47.2 Å². The Kier molecular flexibility index (Phi) is 2.83. The molecule has 0 N–H and O–H groups in total. The molecule has 0 amide bonds. The van der Waals surface area contributed by atoms with Crippen LogP contribution in [-0.2, 0) is 6.54 Å². The maximum atomic E-state index is 5.45. The Morgan fingerprint density at radius 2 is 2.16 bits per heavy atom. The zero-order valence-corrected chi connectivity index (χ0v) is 10.0. The number of pyridine rings is 1. The average Bonchev–Trinajstić information content (AvgIpc) is 3.10. The molecule has 0 saturated heterocycles. The number of rotatable bonds is 3. The quantitative estimate of drug-likeness (QED) is 0.667. The number of hydrogen-bond donors (Lipinski definition) is 0. The second-order valence-electron chi connectivity index (χ2n) is 3.87. The minimum absolute atomic E-state index is 0.456. The molecule has 0 atom stereocenters. The van der Waals surface area contributed by atoms with Crippen molar-refractivity contribution in [2.75, 3.05) is 0 Å². The highest BCUT2D eigenvalue weighted by Crippen LogP contribution is 2.17. The first kappa shape index (κ1) is 11.2. The van der Waals surface area contributed by atoms with Crippen molar-refractivity contribution in [3.05, 3.63) is 54.4 Å². The number of hydrogen-bond acceptors (Lipinski definition) is 4. The van der Waals surface area contributed by atoms with E-state index >= 15 is 0 Å². The Morgan fingerprint density at radius 1 is 1.21 bits per heavy atom. The zero-order chi connectivity index (χ0) is 13.1. The van der Waals surface area contributed by atoms with Crippen LogP contribution in [0.3, 0.4) is 0 Å². The molecule has 5 heteroatoms. The molecule has 3 rings (SSSR count). The van der Waals surface area contributed by atoms with Gasteiger partial charge in [-0.05, 0) is 30.2 Å². The molecule has 0 radical (unpaired) electrons. The second kappa shape index (κ2) is 4.78. The van der Waals surface area contributed by atoms with Crippen molar-refractivity contribution in [2.24, 2.45) is 0 Å². The Morgan fingerprint density at radius 3 is 2.84 bits per heavy atom. The zero-order valence-electron chi connectivity index (χ0n) is 10.0. The van der Waals surface area contributed by atoms with Crippen LogP contribution in [0.1, 0.15) is 11.6 Å². The highest BCUT2D eigenvalue weighted by Gasteiger charge is 2.14. The molecule has 0 saturated carbocycles. The van der Waals surface area contributed by atoms with E-state index in [1.807, 2.05) is 30.3 Å². The lowest BCUT2D eigenvalue weighted by atomic mass is 10.3. The Bertz CT molecular complexity index is 708. The van der Waals surface area contributed by atoms with Crippen molar-refractivity contribution < 1.29 is 4.42 Å². The van der Waals surface area contributed by atoms with Crippen LogP contribution in [0.4, 0.5) is 0 Å². The lowest BCUT2D eigenvalue weighted by molar-refractivity contribution is 0.493. The molecule has 0 aromatic carbocycles. The molecule has 3 aromatic rings. The molecule has 3 aromatic heterocycles. The first-order valence-corrected chi connectivity index (χ1v) is 5.72. The van der Waals surface area contributed by atoms with Crippen molar-refractivity contribution in [1.29, 1.82) is 0 Å². The summed E-state index contributed by atoms with van der Waals surface area (Å²) in [6.07, 6.45) is 8.77. The number of terminal acetylenes is 1. The Labute approximate surface area is 109 Å². The van der Waals surface area contributed by atoms with Gasteiger partial charge in [0.05, 0.1) is 12.8 Å². The van der Waals surface area contributed by atoms with E-state index in [-0.39, 0.29) is 0 Å². The van der Waals surface area contributed by atoms with Crippen molar-refractivity contribution >= 4 is 0 Å². The monoisotopic (exact) mass is 250 g/mol. The molecule has 0 fully saturated rings. The van der Waals surface area contributed by atoms with E-state index in [1.165, 1.54) is 0 Å². The first-order valence-electron chi connectivity index (χ1n) is 5.72. The average molecular weight is 250 g/mol. The van der Waals surface area contributed by atoms with E-state index in [4.69, 9.17) is 10.8 Å². The van der Waals surface area contributed by atoms with Crippen molar-refractivity contribution in [1.82, 2.24) is 19.7 Å². The molecular weight excluding hydrogens is 240 g/mol. The van der Waals surface area contributed by atoms with Gasteiger partial charge in [0.15, 0.2) is 5.82 Å². The van der Waals surface area contributed by atoms with Crippen LogP contribution in [-0.4, -0.2) is 19.7 Å². The molecule has 0 aliphatic rings. The molecule has 0 aliphatic carbocycles. The van der Waals surface area contributed by atoms with Crippen molar-refractivity contribution in [3.63, 3.8) is 0 Å². The van der Waals surface area contributed by atoms with Gasteiger partial charge in [-0.25, -0.2) is 0 Å². The molecule has 0 bridgehead atoms. The molecule has 3 heterocycles. The number of furan rings is 1. The minimum atomic E-state index is 0.456. The summed E-state index contributed by atoms with van der Waals surface area (Å²) in [5.41, 5.74) is 0.725. The highest BCUT2D eigenvalue weighted by molar-refractivity contribution is 5.50. The summed E-state index contributed by atoms with van der Waals surface area (Å²) >= 11 is 0. The second-order valence-corrected chi connectivity index (χ2v) is 3.87. The summed E-state index contributed by atoms with van der Waals surface area (Å²) in [6.45, 7) is 0.478. The minimum Gasteiger partial charge on any atom is -0.467 e. The van der Waals surface area contributed by atoms with Crippen LogP contribution in [0.25, 0.3) is 11.5 Å². The summed E-state index contributed by atoms with van der Waals surface area (Å²) in [5.74, 6) is 4.39. The number of nitrogens with zero attached hydrogens (tertiary/aromatic N) is 4. The van der Waals surface area contributed by atoms with Crippen LogP contribution < -0.4 is 0 Å². The fourth-order valence-corrected chi connectivity index (χ4v) is 1.80. The SMILES string of the molecule is C#Cc1nnc(-c2ccccn2)n1Cc1ccco1. The van der Waals surface area contributed by atoms with E-state index in [2.05, 4.69) is 21.1 Å². The summed E-state index contributed by atoms with van der Waals surface area (Å²) in [5, 5.41) is 8.09. The van der Waals surface area contributed by atoms with Crippen LogP contribution in [0, 0.1) is 12.3 Å². The summed E-state index contributed by atoms with van der Waals surface area (Å²) in [7, 11) is 0. The van der Waals surface area contributed by atoms with E-state index in [0.29, 0.717) is 18.2 Å². The predicted octanol–water partition coefficient (Wildman–Crippen LogP) is 1.96. The maximum absolute atomic E-state index is 5.45.